The summed E-state index contributed by atoms with van der Waals surface area (Å²) in [6, 6.07) is 0. The third-order valence-electron chi connectivity index (χ3n) is 3.15. The molecule has 1 aromatic rings. The van der Waals surface area contributed by atoms with Crippen LogP contribution in [-0.2, 0) is 0 Å². The molecule has 0 radical (unpaired) electrons. The zero-order valence-corrected chi connectivity index (χ0v) is 9.40. The molecule has 0 spiro atoms. The Morgan fingerprint density at radius 2 is 2.25 bits per heavy atom. The Kier molecular flexibility index (Phi) is 3.12. The molecule has 0 amide bonds. The normalized spacial score (nSPS) is 25.3. The number of hydrogen-bond donors (Lipinski definition) is 2. The number of H-pyrrole nitrogens is 1. The van der Waals surface area contributed by atoms with Crippen LogP contribution in [-0.4, -0.2) is 16.1 Å². The van der Waals surface area contributed by atoms with Crippen molar-refractivity contribution in [1.82, 2.24) is 9.97 Å². The number of ether oxygens (including phenoxy) is 1. The van der Waals surface area contributed by atoms with Crippen LogP contribution in [0, 0.1) is 5.92 Å². The Morgan fingerprint density at radius 1 is 1.50 bits per heavy atom. The molecular weight excluding hydrogens is 206 g/mol. The summed E-state index contributed by atoms with van der Waals surface area (Å²) >= 11 is 0. The number of nitrogens with zero attached hydrogens (tertiary/aromatic N) is 1. The Morgan fingerprint density at radius 3 is 3.00 bits per heavy atom. The van der Waals surface area contributed by atoms with Crippen molar-refractivity contribution in [2.24, 2.45) is 5.92 Å². The Hall–Kier alpha value is -1.52. The molecule has 1 saturated carbocycles. The highest BCUT2D eigenvalue weighted by molar-refractivity contribution is 5.44. The molecule has 88 valence electrons. The number of nitrogens with two attached hydrogens (primary N) is 1. The summed E-state index contributed by atoms with van der Waals surface area (Å²) in [5.41, 5.74) is 5.34. The van der Waals surface area contributed by atoms with Crippen LogP contribution in [0.15, 0.2) is 11.1 Å². The lowest BCUT2D eigenvalue weighted by Crippen LogP contribution is -2.29. The van der Waals surface area contributed by atoms with Crippen molar-refractivity contribution in [2.45, 2.75) is 38.7 Å². The van der Waals surface area contributed by atoms with Gasteiger partial charge < -0.3 is 15.5 Å². The lowest BCUT2D eigenvalue weighted by molar-refractivity contribution is 0.0982. The predicted molar refractivity (Wildman–Crippen MR) is 61.3 cm³/mol. The molecule has 0 aliphatic heterocycles. The van der Waals surface area contributed by atoms with Gasteiger partial charge in [0.1, 0.15) is 6.10 Å². The van der Waals surface area contributed by atoms with Crippen molar-refractivity contribution in [3.63, 3.8) is 0 Å². The SMILES string of the molecule is CC1CCCCC1Oc1nc[nH]c(=O)c1N. The van der Waals surface area contributed by atoms with Gasteiger partial charge in [-0.3, -0.25) is 4.79 Å². The number of anilines is 1. The summed E-state index contributed by atoms with van der Waals surface area (Å²) in [6.07, 6.45) is 6.03. The highest BCUT2D eigenvalue weighted by Crippen LogP contribution is 2.28. The molecule has 1 heterocycles. The second kappa shape index (κ2) is 4.55. The largest absolute Gasteiger partial charge is 0.472 e. The lowest BCUT2D eigenvalue weighted by atomic mass is 9.88. The van der Waals surface area contributed by atoms with Gasteiger partial charge in [-0.05, 0) is 25.2 Å². The maximum absolute atomic E-state index is 11.3. The van der Waals surface area contributed by atoms with Crippen LogP contribution >= 0.6 is 0 Å². The summed E-state index contributed by atoms with van der Waals surface area (Å²) in [5, 5.41) is 0. The minimum absolute atomic E-state index is 0.0697. The fourth-order valence-corrected chi connectivity index (χ4v) is 2.09. The first-order valence-electron chi connectivity index (χ1n) is 5.68. The summed E-state index contributed by atoms with van der Waals surface area (Å²) in [6.45, 7) is 2.16. The molecule has 2 rings (SSSR count). The Labute approximate surface area is 94.0 Å². The highest BCUT2D eigenvalue weighted by Gasteiger charge is 2.24. The molecule has 0 saturated heterocycles. The molecule has 2 atom stereocenters. The van der Waals surface area contributed by atoms with E-state index < -0.39 is 0 Å². The van der Waals surface area contributed by atoms with Crippen molar-refractivity contribution >= 4 is 5.69 Å². The number of nitrogens with one attached hydrogen (secondary N) is 1. The maximum atomic E-state index is 11.3. The highest BCUT2D eigenvalue weighted by atomic mass is 16.5. The van der Waals surface area contributed by atoms with Crippen LogP contribution in [0.4, 0.5) is 5.69 Å². The number of aromatic nitrogens is 2. The van der Waals surface area contributed by atoms with Crippen LogP contribution in [0.5, 0.6) is 5.88 Å². The van der Waals surface area contributed by atoms with Gasteiger partial charge in [0.25, 0.3) is 5.56 Å². The van der Waals surface area contributed by atoms with E-state index in [-0.39, 0.29) is 23.2 Å². The van der Waals surface area contributed by atoms with Crippen molar-refractivity contribution in [2.75, 3.05) is 5.73 Å². The van der Waals surface area contributed by atoms with Gasteiger partial charge in [-0.1, -0.05) is 13.3 Å². The molecule has 1 aromatic heterocycles. The summed E-state index contributed by atoms with van der Waals surface area (Å²) in [4.78, 5) is 17.6. The third-order valence-corrected chi connectivity index (χ3v) is 3.15. The summed E-state index contributed by atoms with van der Waals surface area (Å²) in [7, 11) is 0. The monoisotopic (exact) mass is 223 g/mol. The predicted octanol–water partition coefficient (Wildman–Crippen LogP) is 1.31. The smallest absolute Gasteiger partial charge is 0.277 e. The standard InChI is InChI=1S/C11H17N3O2/c1-7-4-2-3-5-8(7)16-11-9(12)10(15)13-6-14-11/h6-8H,2-5,12H2,1H3,(H,13,14,15). The molecule has 2 unspecified atom stereocenters. The molecule has 1 aliphatic carbocycles. The number of nitrogen functional groups attached to an aromatic ring is 1. The molecule has 5 nitrogen and oxygen atoms in total. The first-order chi connectivity index (χ1) is 7.68. The van der Waals surface area contributed by atoms with Crippen LogP contribution in [0.3, 0.4) is 0 Å². The van der Waals surface area contributed by atoms with Crippen LogP contribution in [0.1, 0.15) is 32.6 Å². The zero-order chi connectivity index (χ0) is 11.5. The Balaban J connectivity index is 2.14. The molecule has 1 aliphatic rings. The number of aromatic amines is 1. The third kappa shape index (κ3) is 2.18. The molecule has 0 bridgehead atoms. The Bertz CT molecular complexity index is 416. The lowest BCUT2D eigenvalue weighted by Gasteiger charge is -2.28. The average Bonchev–Trinajstić information content (AvgIpc) is 2.28. The van der Waals surface area contributed by atoms with E-state index in [1.165, 1.54) is 12.7 Å². The van der Waals surface area contributed by atoms with Gasteiger partial charge in [0.05, 0.1) is 6.33 Å². The van der Waals surface area contributed by atoms with E-state index in [0.717, 1.165) is 19.3 Å². The van der Waals surface area contributed by atoms with E-state index in [1.54, 1.807) is 0 Å². The van der Waals surface area contributed by atoms with Gasteiger partial charge >= 0.3 is 0 Å². The molecule has 5 heteroatoms. The van der Waals surface area contributed by atoms with E-state index in [1.807, 2.05) is 0 Å². The van der Waals surface area contributed by atoms with E-state index in [4.69, 9.17) is 10.5 Å². The summed E-state index contributed by atoms with van der Waals surface area (Å²) < 4.78 is 5.72. The first kappa shape index (κ1) is 11.0. The van der Waals surface area contributed by atoms with Crippen LogP contribution in [0.25, 0.3) is 0 Å². The fraction of sp³-hybridized carbons (Fsp3) is 0.636. The van der Waals surface area contributed by atoms with Gasteiger partial charge in [-0.15, -0.1) is 0 Å². The van der Waals surface area contributed by atoms with Gasteiger partial charge in [-0.25, -0.2) is 4.98 Å². The van der Waals surface area contributed by atoms with Gasteiger partial charge in [0, 0.05) is 0 Å². The van der Waals surface area contributed by atoms with Crippen LogP contribution in [0.2, 0.25) is 0 Å². The minimum atomic E-state index is -0.339. The van der Waals surface area contributed by atoms with Crippen molar-refractivity contribution in [1.29, 1.82) is 0 Å². The molecule has 16 heavy (non-hydrogen) atoms. The topological polar surface area (TPSA) is 81.0 Å². The molecule has 0 aromatic carbocycles. The first-order valence-corrected chi connectivity index (χ1v) is 5.68. The van der Waals surface area contributed by atoms with E-state index >= 15 is 0 Å². The quantitative estimate of drug-likeness (QED) is 0.792. The molecule has 3 N–H and O–H groups in total. The van der Waals surface area contributed by atoms with Crippen molar-refractivity contribution in [3.8, 4) is 5.88 Å². The van der Waals surface area contributed by atoms with E-state index in [9.17, 15) is 4.79 Å². The fourth-order valence-electron chi connectivity index (χ4n) is 2.09. The van der Waals surface area contributed by atoms with Gasteiger partial charge in [0.15, 0.2) is 5.69 Å². The molecular formula is C11H17N3O2. The number of rotatable bonds is 2. The summed E-state index contributed by atoms with van der Waals surface area (Å²) in [5.74, 6) is 0.761. The van der Waals surface area contributed by atoms with Crippen LogP contribution < -0.4 is 16.0 Å². The van der Waals surface area contributed by atoms with Crippen molar-refractivity contribution in [3.05, 3.63) is 16.7 Å². The number of hydrogen-bond acceptors (Lipinski definition) is 4. The molecule has 1 fully saturated rings. The van der Waals surface area contributed by atoms with Gasteiger partial charge in [-0.2, -0.15) is 0 Å². The van der Waals surface area contributed by atoms with E-state index in [2.05, 4.69) is 16.9 Å². The van der Waals surface area contributed by atoms with Gasteiger partial charge in [0.2, 0.25) is 5.88 Å². The average molecular weight is 223 g/mol. The zero-order valence-electron chi connectivity index (χ0n) is 9.40. The second-order valence-corrected chi connectivity index (χ2v) is 4.37. The maximum Gasteiger partial charge on any atom is 0.277 e. The van der Waals surface area contributed by atoms with E-state index in [0.29, 0.717) is 5.92 Å². The second-order valence-electron chi connectivity index (χ2n) is 4.37. The minimum Gasteiger partial charge on any atom is -0.472 e. The van der Waals surface area contributed by atoms with Crippen molar-refractivity contribution < 1.29 is 4.74 Å².